The standard InChI is InChI=1S/C20H27N3O4/c1-12-4-5-16(19(25)18(12)24)20(26)21-10-15-6-8-23(9-7-15)11-17-22-13(2)14(3)27-17/h4-5,15,24-25H,6-11H2,1-3H3,(H,21,26). The van der Waals surface area contributed by atoms with Crippen LogP contribution in [0.2, 0.25) is 0 Å². The fourth-order valence-electron chi connectivity index (χ4n) is 3.34. The Hall–Kier alpha value is -2.54. The van der Waals surface area contributed by atoms with Crippen LogP contribution in [0.1, 0.15) is 46.1 Å². The molecule has 0 saturated carbocycles. The molecule has 1 aliphatic rings. The van der Waals surface area contributed by atoms with Crippen LogP contribution in [0.5, 0.6) is 11.5 Å². The maximum absolute atomic E-state index is 12.3. The van der Waals surface area contributed by atoms with Crippen LogP contribution in [0.15, 0.2) is 16.5 Å². The Morgan fingerprint density at radius 1 is 1.22 bits per heavy atom. The molecule has 1 fully saturated rings. The van der Waals surface area contributed by atoms with Crippen LogP contribution in [0.25, 0.3) is 0 Å². The molecule has 0 bridgehead atoms. The number of nitrogens with zero attached hydrogens (tertiary/aromatic N) is 2. The summed E-state index contributed by atoms with van der Waals surface area (Å²) >= 11 is 0. The van der Waals surface area contributed by atoms with Gasteiger partial charge >= 0.3 is 0 Å². The van der Waals surface area contributed by atoms with E-state index in [0.29, 0.717) is 24.6 Å². The van der Waals surface area contributed by atoms with Gasteiger partial charge in [-0.3, -0.25) is 9.69 Å². The zero-order valence-corrected chi connectivity index (χ0v) is 16.1. The Bertz CT molecular complexity index is 803. The van der Waals surface area contributed by atoms with Crippen LogP contribution >= 0.6 is 0 Å². The predicted molar refractivity (Wildman–Crippen MR) is 101 cm³/mol. The Balaban J connectivity index is 1.47. The second-order valence-electron chi connectivity index (χ2n) is 7.31. The number of amides is 1. The zero-order chi connectivity index (χ0) is 19.6. The molecule has 0 aliphatic carbocycles. The molecule has 3 N–H and O–H groups in total. The van der Waals surface area contributed by atoms with Gasteiger partial charge < -0.3 is 19.9 Å². The number of nitrogens with one attached hydrogen (secondary N) is 1. The minimum atomic E-state index is -0.365. The maximum Gasteiger partial charge on any atom is 0.255 e. The highest BCUT2D eigenvalue weighted by molar-refractivity contribution is 5.97. The number of phenols is 2. The molecule has 2 aromatic rings. The van der Waals surface area contributed by atoms with Crippen LogP contribution in [-0.2, 0) is 6.54 Å². The minimum absolute atomic E-state index is 0.102. The van der Waals surface area contributed by atoms with E-state index in [9.17, 15) is 15.0 Å². The average molecular weight is 373 g/mol. The summed E-state index contributed by atoms with van der Waals surface area (Å²) in [6, 6.07) is 3.15. The van der Waals surface area contributed by atoms with Gasteiger partial charge in [0.1, 0.15) is 5.76 Å². The molecule has 0 atom stereocenters. The lowest BCUT2D eigenvalue weighted by atomic mass is 9.96. The normalized spacial score (nSPS) is 15.8. The van der Waals surface area contributed by atoms with E-state index < -0.39 is 0 Å². The van der Waals surface area contributed by atoms with E-state index >= 15 is 0 Å². The van der Waals surface area contributed by atoms with Crippen molar-refractivity contribution in [2.75, 3.05) is 19.6 Å². The summed E-state index contributed by atoms with van der Waals surface area (Å²) in [5.74, 6) is 1.04. The molecule has 1 aromatic carbocycles. The van der Waals surface area contributed by atoms with Crippen molar-refractivity contribution >= 4 is 5.91 Å². The predicted octanol–water partition coefficient (Wildman–Crippen LogP) is 2.65. The summed E-state index contributed by atoms with van der Waals surface area (Å²) in [5.41, 5.74) is 1.58. The van der Waals surface area contributed by atoms with Crippen molar-refractivity contribution < 1.29 is 19.4 Å². The molecule has 7 heteroatoms. The minimum Gasteiger partial charge on any atom is -0.504 e. The monoisotopic (exact) mass is 373 g/mol. The van der Waals surface area contributed by atoms with Crippen LogP contribution in [0.3, 0.4) is 0 Å². The number of rotatable bonds is 5. The number of carbonyl (C=O) groups excluding carboxylic acids is 1. The number of phenolic OH excluding ortho intramolecular Hbond substituents is 2. The third-order valence-electron chi connectivity index (χ3n) is 5.29. The Morgan fingerprint density at radius 2 is 1.93 bits per heavy atom. The molecule has 146 valence electrons. The first-order chi connectivity index (χ1) is 12.8. The number of hydrogen-bond acceptors (Lipinski definition) is 6. The van der Waals surface area contributed by atoms with Gasteiger partial charge in [-0.2, -0.15) is 0 Å². The fraction of sp³-hybridized carbons (Fsp3) is 0.500. The Kier molecular flexibility index (Phi) is 5.70. The highest BCUT2D eigenvalue weighted by Gasteiger charge is 2.22. The molecular weight excluding hydrogens is 346 g/mol. The van der Waals surface area contributed by atoms with Crippen LogP contribution in [0.4, 0.5) is 0 Å². The van der Waals surface area contributed by atoms with Gasteiger partial charge in [0.15, 0.2) is 11.5 Å². The summed E-state index contributed by atoms with van der Waals surface area (Å²) < 4.78 is 5.65. The second kappa shape index (κ2) is 8.00. The molecule has 7 nitrogen and oxygen atoms in total. The Morgan fingerprint density at radius 3 is 2.56 bits per heavy atom. The van der Waals surface area contributed by atoms with Crippen molar-refractivity contribution in [3.8, 4) is 11.5 Å². The average Bonchev–Trinajstić information content (AvgIpc) is 2.96. The van der Waals surface area contributed by atoms with Crippen molar-refractivity contribution in [1.29, 1.82) is 0 Å². The number of aromatic hydroxyl groups is 2. The number of hydrogen-bond donors (Lipinski definition) is 3. The van der Waals surface area contributed by atoms with Crippen molar-refractivity contribution in [3.05, 3.63) is 40.6 Å². The molecule has 3 rings (SSSR count). The number of aromatic nitrogens is 1. The number of piperidine rings is 1. The van der Waals surface area contributed by atoms with E-state index in [-0.39, 0.29) is 23.0 Å². The SMILES string of the molecule is Cc1ccc(C(=O)NCC2CCN(Cc3nc(C)c(C)o3)CC2)c(O)c1O. The molecule has 0 unspecified atom stereocenters. The number of carbonyl (C=O) groups is 1. The smallest absolute Gasteiger partial charge is 0.255 e. The largest absolute Gasteiger partial charge is 0.504 e. The van der Waals surface area contributed by atoms with E-state index in [1.807, 2.05) is 13.8 Å². The van der Waals surface area contributed by atoms with E-state index in [1.165, 1.54) is 6.07 Å². The lowest BCUT2D eigenvalue weighted by Gasteiger charge is -2.31. The van der Waals surface area contributed by atoms with Crippen LogP contribution < -0.4 is 5.32 Å². The van der Waals surface area contributed by atoms with Crippen molar-refractivity contribution in [1.82, 2.24) is 15.2 Å². The molecular formula is C20H27N3O4. The summed E-state index contributed by atoms with van der Waals surface area (Å²) in [4.78, 5) is 19.0. The first-order valence-electron chi connectivity index (χ1n) is 9.30. The summed E-state index contributed by atoms with van der Waals surface area (Å²) in [6.07, 6.45) is 1.95. The van der Waals surface area contributed by atoms with Gasteiger partial charge in [-0.05, 0) is 64.3 Å². The Labute approximate surface area is 159 Å². The quantitative estimate of drug-likeness (QED) is 0.697. The molecule has 2 heterocycles. The van der Waals surface area contributed by atoms with Crippen LogP contribution in [-0.4, -0.2) is 45.6 Å². The van der Waals surface area contributed by atoms with Gasteiger partial charge in [-0.15, -0.1) is 0 Å². The van der Waals surface area contributed by atoms with E-state index in [2.05, 4.69) is 15.2 Å². The highest BCUT2D eigenvalue weighted by atomic mass is 16.4. The van der Waals surface area contributed by atoms with Crippen molar-refractivity contribution in [3.63, 3.8) is 0 Å². The lowest BCUT2D eigenvalue weighted by molar-refractivity contribution is 0.0930. The highest BCUT2D eigenvalue weighted by Crippen LogP contribution is 2.32. The summed E-state index contributed by atoms with van der Waals surface area (Å²) in [5, 5.41) is 22.6. The second-order valence-corrected chi connectivity index (χ2v) is 7.31. The lowest BCUT2D eigenvalue weighted by Crippen LogP contribution is -2.38. The van der Waals surface area contributed by atoms with Gasteiger partial charge in [-0.1, -0.05) is 6.07 Å². The first kappa shape index (κ1) is 19.2. The molecule has 0 spiro atoms. The van der Waals surface area contributed by atoms with E-state index in [1.54, 1.807) is 13.0 Å². The molecule has 1 amide bonds. The van der Waals surface area contributed by atoms with Gasteiger partial charge in [0.05, 0.1) is 17.8 Å². The van der Waals surface area contributed by atoms with Crippen molar-refractivity contribution in [2.45, 2.75) is 40.2 Å². The summed E-state index contributed by atoms with van der Waals surface area (Å²) in [6.45, 7) is 8.66. The molecule has 0 radical (unpaired) electrons. The summed E-state index contributed by atoms with van der Waals surface area (Å²) in [7, 11) is 0. The number of benzene rings is 1. The van der Waals surface area contributed by atoms with Gasteiger partial charge in [0, 0.05) is 6.54 Å². The van der Waals surface area contributed by atoms with Crippen LogP contribution in [0, 0.1) is 26.7 Å². The van der Waals surface area contributed by atoms with Gasteiger partial charge in [0.25, 0.3) is 5.91 Å². The molecule has 1 aliphatic heterocycles. The molecule has 1 saturated heterocycles. The van der Waals surface area contributed by atoms with E-state index in [4.69, 9.17) is 4.42 Å². The third kappa shape index (κ3) is 4.42. The number of aryl methyl sites for hydroxylation is 3. The van der Waals surface area contributed by atoms with Gasteiger partial charge in [-0.25, -0.2) is 4.98 Å². The maximum atomic E-state index is 12.3. The third-order valence-corrected chi connectivity index (χ3v) is 5.29. The number of likely N-dealkylation sites (tertiary alicyclic amines) is 1. The first-order valence-corrected chi connectivity index (χ1v) is 9.30. The molecule has 27 heavy (non-hydrogen) atoms. The fourth-order valence-corrected chi connectivity index (χ4v) is 3.34. The number of oxazole rings is 1. The zero-order valence-electron chi connectivity index (χ0n) is 16.1. The van der Waals surface area contributed by atoms with E-state index in [0.717, 1.165) is 43.3 Å². The topological polar surface area (TPSA) is 98.8 Å². The molecule has 1 aromatic heterocycles. The van der Waals surface area contributed by atoms with Crippen molar-refractivity contribution in [2.24, 2.45) is 5.92 Å². The van der Waals surface area contributed by atoms with Gasteiger partial charge in [0.2, 0.25) is 5.89 Å².